The Morgan fingerprint density at radius 2 is 2.09 bits per heavy atom. The molecule has 6 heteroatoms. The number of nitrogens with zero attached hydrogens (tertiary/aromatic N) is 1. The van der Waals surface area contributed by atoms with Crippen LogP contribution in [-0.4, -0.2) is 38.4 Å². The third-order valence-corrected chi connectivity index (χ3v) is 4.49. The number of ether oxygens (including phenoxy) is 3. The summed E-state index contributed by atoms with van der Waals surface area (Å²) < 4.78 is 16.9. The van der Waals surface area contributed by atoms with Gasteiger partial charge in [0, 0.05) is 25.3 Å². The highest BCUT2D eigenvalue weighted by atomic mass is 16.5. The van der Waals surface area contributed by atoms with Gasteiger partial charge in [0.25, 0.3) is 0 Å². The summed E-state index contributed by atoms with van der Waals surface area (Å²) in [6.45, 7) is 3.99. The van der Waals surface area contributed by atoms with Crippen molar-refractivity contribution in [1.29, 1.82) is 0 Å². The van der Waals surface area contributed by atoms with E-state index in [2.05, 4.69) is 17.2 Å². The van der Waals surface area contributed by atoms with Gasteiger partial charge in [-0.3, -0.25) is 4.99 Å². The van der Waals surface area contributed by atoms with Crippen molar-refractivity contribution in [3.8, 4) is 11.5 Å². The fraction of sp³-hybridized carbons (Fsp3) is 0.588. The van der Waals surface area contributed by atoms with Crippen LogP contribution in [0.4, 0.5) is 5.69 Å². The fourth-order valence-corrected chi connectivity index (χ4v) is 2.72. The van der Waals surface area contributed by atoms with Gasteiger partial charge >= 0.3 is 0 Å². The predicted molar refractivity (Wildman–Crippen MR) is 90.3 cm³/mol. The molecule has 0 spiro atoms. The van der Waals surface area contributed by atoms with Gasteiger partial charge in [-0.05, 0) is 37.8 Å². The molecule has 3 rings (SSSR count). The molecule has 0 amide bonds. The summed E-state index contributed by atoms with van der Waals surface area (Å²) in [5, 5.41) is 3.11. The summed E-state index contributed by atoms with van der Waals surface area (Å²) >= 11 is 0. The Hall–Kier alpha value is -1.95. The molecule has 126 valence electrons. The number of guanidine groups is 1. The molecule has 0 saturated heterocycles. The summed E-state index contributed by atoms with van der Waals surface area (Å²) in [6.07, 6.45) is 3.29. The fourth-order valence-electron chi connectivity index (χ4n) is 2.72. The van der Waals surface area contributed by atoms with Gasteiger partial charge < -0.3 is 25.3 Å². The van der Waals surface area contributed by atoms with Crippen LogP contribution in [-0.2, 0) is 4.74 Å². The Kier molecular flexibility index (Phi) is 4.61. The first-order chi connectivity index (χ1) is 11.1. The molecule has 1 saturated carbocycles. The summed E-state index contributed by atoms with van der Waals surface area (Å²) in [5.74, 6) is 2.47. The average Bonchev–Trinajstić information content (AvgIpc) is 3.39. The monoisotopic (exact) mass is 319 g/mol. The van der Waals surface area contributed by atoms with Crippen molar-refractivity contribution in [2.24, 2.45) is 16.6 Å². The molecule has 1 fully saturated rings. The van der Waals surface area contributed by atoms with Gasteiger partial charge in [-0.25, -0.2) is 0 Å². The summed E-state index contributed by atoms with van der Waals surface area (Å²) in [5.41, 5.74) is 6.62. The maximum Gasteiger partial charge on any atom is 0.193 e. The van der Waals surface area contributed by atoms with Crippen LogP contribution in [0.2, 0.25) is 0 Å². The van der Waals surface area contributed by atoms with Gasteiger partial charge in [-0.15, -0.1) is 0 Å². The molecular formula is C17H25N3O3. The molecule has 0 bridgehead atoms. The number of fused-ring (bicyclic) bond motifs is 1. The van der Waals surface area contributed by atoms with Gasteiger partial charge in [-0.2, -0.15) is 0 Å². The van der Waals surface area contributed by atoms with E-state index in [-0.39, 0.29) is 5.60 Å². The van der Waals surface area contributed by atoms with E-state index in [1.165, 1.54) is 12.8 Å². The Labute approximate surface area is 137 Å². The van der Waals surface area contributed by atoms with Crippen molar-refractivity contribution in [2.45, 2.75) is 31.8 Å². The summed E-state index contributed by atoms with van der Waals surface area (Å²) in [7, 11) is 1.74. The largest absolute Gasteiger partial charge is 0.490 e. The first-order valence-corrected chi connectivity index (χ1v) is 8.12. The Bertz CT molecular complexity index is 586. The van der Waals surface area contributed by atoms with Gasteiger partial charge in [0.05, 0.1) is 25.4 Å². The molecule has 6 nitrogen and oxygen atoms in total. The second-order valence-corrected chi connectivity index (χ2v) is 6.33. The lowest BCUT2D eigenvalue weighted by Gasteiger charge is -2.26. The zero-order valence-electron chi connectivity index (χ0n) is 13.8. The third kappa shape index (κ3) is 3.88. The predicted octanol–water partition coefficient (Wildman–Crippen LogP) is 2.39. The van der Waals surface area contributed by atoms with E-state index in [1.807, 2.05) is 18.2 Å². The number of hydrogen-bond acceptors (Lipinski definition) is 4. The van der Waals surface area contributed by atoms with E-state index >= 15 is 0 Å². The number of nitrogens with two attached hydrogens (primary N) is 1. The van der Waals surface area contributed by atoms with Crippen molar-refractivity contribution in [1.82, 2.24) is 0 Å². The lowest BCUT2D eigenvalue weighted by molar-refractivity contribution is -0.00467. The van der Waals surface area contributed by atoms with E-state index in [0.717, 1.165) is 23.6 Å². The first-order valence-electron chi connectivity index (χ1n) is 8.12. The molecule has 3 N–H and O–H groups in total. The van der Waals surface area contributed by atoms with Crippen molar-refractivity contribution in [2.75, 3.05) is 32.2 Å². The molecule has 1 aliphatic heterocycles. The Morgan fingerprint density at radius 3 is 2.78 bits per heavy atom. The molecule has 1 aromatic carbocycles. The minimum atomic E-state index is -0.225. The highest BCUT2D eigenvalue weighted by molar-refractivity contribution is 5.92. The van der Waals surface area contributed by atoms with Crippen LogP contribution < -0.4 is 20.5 Å². The zero-order chi connectivity index (χ0) is 16.3. The number of anilines is 1. The van der Waals surface area contributed by atoms with Crippen molar-refractivity contribution in [3.05, 3.63) is 18.2 Å². The zero-order valence-corrected chi connectivity index (χ0v) is 13.8. The van der Waals surface area contributed by atoms with Crippen LogP contribution in [0, 0.1) is 5.92 Å². The number of rotatable bonds is 5. The minimum absolute atomic E-state index is 0.225. The standard InChI is InChI=1S/C17H25N3O3/c1-17(21-2,12-4-5-12)11-19-16(18)20-13-6-7-14-15(10-13)23-9-3-8-22-14/h6-7,10,12H,3-5,8-9,11H2,1-2H3,(H3,18,19,20). The van der Waals surface area contributed by atoms with E-state index in [9.17, 15) is 0 Å². The molecule has 1 atom stereocenters. The maximum absolute atomic E-state index is 6.01. The summed E-state index contributed by atoms with van der Waals surface area (Å²) in [6, 6.07) is 5.69. The third-order valence-electron chi connectivity index (χ3n) is 4.49. The highest BCUT2D eigenvalue weighted by Crippen LogP contribution is 2.41. The van der Waals surface area contributed by atoms with Crippen molar-refractivity contribution < 1.29 is 14.2 Å². The lowest BCUT2D eigenvalue weighted by atomic mass is 10.0. The van der Waals surface area contributed by atoms with Crippen LogP contribution >= 0.6 is 0 Å². The number of hydrogen-bond donors (Lipinski definition) is 2. The van der Waals surface area contributed by atoms with Gasteiger partial charge in [0.1, 0.15) is 0 Å². The minimum Gasteiger partial charge on any atom is -0.490 e. The topological polar surface area (TPSA) is 78.1 Å². The molecule has 1 aliphatic carbocycles. The molecule has 1 aromatic rings. The van der Waals surface area contributed by atoms with E-state index in [4.69, 9.17) is 19.9 Å². The van der Waals surface area contributed by atoms with Gasteiger partial charge in [0.15, 0.2) is 17.5 Å². The molecule has 0 aromatic heterocycles. The Morgan fingerprint density at radius 1 is 1.35 bits per heavy atom. The normalized spacial score (nSPS) is 20.5. The molecule has 1 heterocycles. The molecule has 1 unspecified atom stereocenters. The maximum atomic E-state index is 6.01. The van der Waals surface area contributed by atoms with E-state index in [1.54, 1.807) is 7.11 Å². The van der Waals surface area contributed by atoms with Crippen LogP contribution in [0.15, 0.2) is 23.2 Å². The molecule has 23 heavy (non-hydrogen) atoms. The Balaban J connectivity index is 1.64. The van der Waals surface area contributed by atoms with Crippen LogP contribution in [0.3, 0.4) is 0 Å². The van der Waals surface area contributed by atoms with Gasteiger partial charge in [0.2, 0.25) is 0 Å². The summed E-state index contributed by atoms with van der Waals surface area (Å²) in [4.78, 5) is 4.44. The van der Waals surface area contributed by atoms with E-state index < -0.39 is 0 Å². The van der Waals surface area contributed by atoms with Crippen molar-refractivity contribution >= 4 is 11.6 Å². The van der Waals surface area contributed by atoms with Gasteiger partial charge in [-0.1, -0.05) is 0 Å². The van der Waals surface area contributed by atoms with Crippen LogP contribution in [0.1, 0.15) is 26.2 Å². The second kappa shape index (κ2) is 6.66. The lowest BCUT2D eigenvalue weighted by Crippen LogP contribution is -2.35. The van der Waals surface area contributed by atoms with E-state index in [0.29, 0.717) is 31.6 Å². The highest BCUT2D eigenvalue weighted by Gasteiger charge is 2.41. The molecule has 0 radical (unpaired) electrons. The second-order valence-electron chi connectivity index (χ2n) is 6.33. The molecular weight excluding hydrogens is 294 g/mol. The number of aliphatic imine (C=N–C) groups is 1. The van der Waals surface area contributed by atoms with Crippen LogP contribution in [0.5, 0.6) is 11.5 Å². The average molecular weight is 319 g/mol. The quantitative estimate of drug-likeness (QED) is 0.643. The van der Waals surface area contributed by atoms with Crippen LogP contribution in [0.25, 0.3) is 0 Å². The van der Waals surface area contributed by atoms with Crippen molar-refractivity contribution in [3.63, 3.8) is 0 Å². The molecule has 2 aliphatic rings. The smallest absolute Gasteiger partial charge is 0.193 e. The number of benzene rings is 1. The number of methoxy groups -OCH3 is 1. The first kappa shape index (κ1) is 15.9. The SMILES string of the molecule is COC(C)(CN=C(N)Nc1ccc2c(c1)OCCCO2)C1CC1. The number of nitrogens with one attached hydrogen (secondary N) is 1.